The number of likely N-dealkylation sites (tertiary alicyclic amines) is 2. The molecule has 1 amide bonds. The molecule has 4 rings (SSSR count). The highest BCUT2D eigenvalue weighted by atomic mass is 16.3. The van der Waals surface area contributed by atoms with Crippen LogP contribution in [0.15, 0.2) is 30.5 Å². The van der Waals surface area contributed by atoms with E-state index in [1.54, 1.807) is 0 Å². The Labute approximate surface area is 155 Å². The molecule has 2 fully saturated rings. The first-order valence-corrected chi connectivity index (χ1v) is 9.51. The van der Waals surface area contributed by atoms with Gasteiger partial charge in [-0.25, -0.2) is 0 Å². The Kier molecular flexibility index (Phi) is 3.93. The predicted molar refractivity (Wildman–Crippen MR) is 103 cm³/mol. The van der Waals surface area contributed by atoms with Crippen molar-refractivity contribution < 1.29 is 9.90 Å². The van der Waals surface area contributed by atoms with Gasteiger partial charge in [-0.15, -0.1) is 0 Å². The van der Waals surface area contributed by atoms with Gasteiger partial charge >= 0.3 is 0 Å². The monoisotopic (exact) mass is 355 g/mol. The quantitative estimate of drug-likeness (QED) is 0.871. The molecule has 5 heteroatoms. The standard InChI is InChI=1S/C21H29N3O2/c1-14(2)23-10-20(3)12-24(13-21(4,11-23)19(20)26)18(25)16-9-22-17-8-6-5-7-15(16)17/h5-9,14,19,22,26H,10-13H2,1-4H3/t19?,20-,21+. The normalized spacial score (nSPS) is 32.4. The molecule has 140 valence electrons. The summed E-state index contributed by atoms with van der Waals surface area (Å²) >= 11 is 0. The first-order valence-electron chi connectivity index (χ1n) is 9.51. The van der Waals surface area contributed by atoms with E-state index in [-0.39, 0.29) is 16.7 Å². The van der Waals surface area contributed by atoms with Gasteiger partial charge in [-0.3, -0.25) is 9.69 Å². The largest absolute Gasteiger partial charge is 0.392 e. The van der Waals surface area contributed by atoms with E-state index in [0.29, 0.717) is 19.1 Å². The number of fused-ring (bicyclic) bond motifs is 3. The molecular weight excluding hydrogens is 326 g/mol. The van der Waals surface area contributed by atoms with Crippen LogP contribution in [0.1, 0.15) is 38.1 Å². The summed E-state index contributed by atoms with van der Waals surface area (Å²) in [6.45, 7) is 11.5. The number of piperidine rings is 2. The van der Waals surface area contributed by atoms with Crippen molar-refractivity contribution in [2.75, 3.05) is 26.2 Å². The van der Waals surface area contributed by atoms with Crippen LogP contribution in [0.3, 0.4) is 0 Å². The number of nitrogens with zero attached hydrogens (tertiary/aromatic N) is 2. The zero-order chi connectivity index (χ0) is 18.7. The Balaban J connectivity index is 1.67. The number of carbonyl (C=O) groups excluding carboxylic acids is 1. The fraction of sp³-hybridized carbons (Fsp3) is 0.571. The molecule has 0 spiro atoms. The van der Waals surface area contributed by atoms with Crippen molar-refractivity contribution in [2.45, 2.75) is 39.8 Å². The van der Waals surface area contributed by atoms with E-state index < -0.39 is 6.10 Å². The summed E-state index contributed by atoms with van der Waals surface area (Å²) in [6, 6.07) is 8.35. The van der Waals surface area contributed by atoms with Gasteiger partial charge in [0.1, 0.15) is 0 Å². The predicted octanol–water partition coefficient (Wildman–Crippen LogP) is 2.72. The molecule has 1 aromatic carbocycles. The van der Waals surface area contributed by atoms with Gasteiger partial charge in [0.15, 0.2) is 0 Å². The summed E-state index contributed by atoms with van der Waals surface area (Å²) in [7, 11) is 0. The number of carbonyl (C=O) groups is 1. The number of nitrogens with one attached hydrogen (secondary N) is 1. The number of hydrogen-bond acceptors (Lipinski definition) is 3. The minimum Gasteiger partial charge on any atom is -0.392 e. The lowest BCUT2D eigenvalue weighted by Crippen LogP contribution is -2.71. The number of rotatable bonds is 2. The van der Waals surface area contributed by atoms with Gasteiger partial charge in [-0.05, 0) is 19.9 Å². The van der Waals surface area contributed by atoms with Crippen molar-refractivity contribution in [1.29, 1.82) is 0 Å². The third-order valence-electron chi connectivity index (χ3n) is 6.39. The summed E-state index contributed by atoms with van der Waals surface area (Å²) in [5.74, 6) is 0.0600. The van der Waals surface area contributed by atoms with E-state index >= 15 is 0 Å². The molecule has 2 aliphatic heterocycles. The maximum absolute atomic E-state index is 13.3. The van der Waals surface area contributed by atoms with Crippen LogP contribution in [-0.2, 0) is 0 Å². The molecule has 3 atom stereocenters. The van der Waals surface area contributed by atoms with E-state index in [9.17, 15) is 9.90 Å². The van der Waals surface area contributed by atoms with Crippen molar-refractivity contribution >= 4 is 16.8 Å². The SMILES string of the molecule is CC(C)N1C[C@]2(C)CN(C(=O)c3c[nH]c4ccccc34)C[C@](C)(C1)C2O. The van der Waals surface area contributed by atoms with Crippen LogP contribution < -0.4 is 0 Å². The lowest BCUT2D eigenvalue weighted by Gasteiger charge is -2.60. The van der Waals surface area contributed by atoms with E-state index in [4.69, 9.17) is 0 Å². The Morgan fingerprint density at radius 3 is 2.38 bits per heavy atom. The van der Waals surface area contributed by atoms with Crippen LogP contribution in [0.25, 0.3) is 10.9 Å². The van der Waals surface area contributed by atoms with Gasteiger partial charge < -0.3 is 15.0 Å². The van der Waals surface area contributed by atoms with Gasteiger partial charge in [0, 0.05) is 60.2 Å². The summed E-state index contributed by atoms with van der Waals surface area (Å²) in [6.07, 6.45) is 1.43. The van der Waals surface area contributed by atoms with Crippen LogP contribution in [0.4, 0.5) is 0 Å². The van der Waals surface area contributed by atoms with Crippen LogP contribution >= 0.6 is 0 Å². The van der Waals surface area contributed by atoms with E-state index in [0.717, 1.165) is 29.6 Å². The summed E-state index contributed by atoms with van der Waals surface area (Å²) in [4.78, 5) is 20.9. The minimum atomic E-state index is -0.392. The van der Waals surface area contributed by atoms with Crippen LogP contribution in [0.2, 0.25) is 0 Å². The van der Waals surface area contributed by atoms with Crippen molar-refractivity contribution in [3.63, 3.8) is 0 Å². The number of para-hydroxylation sites is 1. The molecule has 0 aliphatic carbocycles. The van der Waals surface area contributed by atoms with E-state index in [1.807, 2.05) is 35.4 Å². The first kappa shape index (κ1) is 17.6. The molecule has 1 unspecified atom stereocenters. The van der Waals surface area contributed by atoms with Gasteiger partial charge in [-0.2, -0.15) is 0 Å². The lowest BCUT2D eigenvalue weighted by atomic mass is 9.62. The zero-order valence-corrected chi connectivity index (χ0v) is 16.1. The Hall–Kier alpha value is -1.85. The molecule has 2 aliphatic rings. The Morgan fingerprint density at radius 1 is 1.15 bits per heavy atom. The summed E-state index contributed by atoms with van der Waals surface area (Å²) in [5.41, 5.74) is 1.09. The van der Waals surface area contributed by atoms with Crippen molar-refractivity contribution in [2.24, 2.45) is 10.8 Å². The molecule has 1 aromatic heterocycles. The first-order chi connectivity index (χ1) is 12.2. The number of H-pyrrole nitrogens is 1. The van der Waals surface area contributed by atoms with Crippen molar-refractivity contribution in [3.05, 3.63) is 36.0 Å². The molecule has 0 saturated carbocycles. The average molecular weight is 355 g/mol. The van der Waals surface area contributed by atoms with Crippen LogP contribution in [-0.4, -0.2) is 64.1 Å². The Morgan fingerprint density at radius 2 is 1.77 bits per heavy atom. The third-order valence-corrected chi connectivity index (χ3v) is 6.39. The molecule has 26 heavy (non-hydrogen) atoms. The molecular formula is C21H29N3O2. The van der Waals surface area contributed by atoms with E-state index in [2.05, 4.69) is 37.6 Å². The van der Waals surface area contributed by atoms with Gasteiger partial charge in [-0.1, -0.05) is 32.0 Å². The maximum Gasteiger partial charge on any atom is 0.256 e. The topological polar surface area (TPSA) is 59.6 Å². The Bertz CT molecular complexity index is 823. The smallest absolute Gasteiger partial charge is 0.256 e. The number of aliphatic hydroxyl groups excluding tert-OH is 1. The molecule has 5 nitrogen and oxygen atoms in total. The van der Waals surface area contributed by atoms with Gasteiger partial charge in [0.2, 0.25) is 0 Å². The number of aromatic amines is 1. The maximum atomic E-state index is 13.3. The number of aromatic nitrogens is 1. The number of hydrogen-bond donors (Lipinski definition) is 2. The second-order valence-electron chi connectivity index (χ2n) is 9.12. The van der Waals surface area contributed by atoms with Gasteiger partial charge in [0.05, 0.1) is 11.7 Å². The van der Waals surface area contributed by atoms with Gasteiger partial charge in [0.25, 0.3) is 5.91 Å². The fourth-order valence-electron chi connectivity index (χ4n) is 5.13. The highest BCUT2D eigenvalue weighted by Gasteiger charge is 2.56. The average Bonchev–Trinajstić information content (AvgIpc) is 3.00. The number of aliphatic hydroxyl groups is 1. The molecule has 2 N–H and O–H groups in total. The van der Waals surface area contributed by atoms with Crippen LogP contribution in [0, 0.1) is 10.8 Å². The second-order valence-corrected chi connectivity index (χ2v) is 9.12. The molecule has 2 bridgehead atoms. The third kappa shape index (κ3) is 2.57. The molecule has 3 heterocycles. The molecule has 2 saturated heterocycles. The number of benzene rings is 1. The molecule has 0 radical (unpaired) electrons. The summed E-state index contributed by atoms with van der Waals surface area (Å²) in [5, 5.41) is 12.0. The van der Waals surface area contributed by atoms with Crippen LogP contribution in [0.5, 0.6) is 0 Å². The summed E-state index contributed by atoms with van der Waals surface area (Å²) < 4.78 is 0. The van der Waals surface area contributed by atoms with E-state index in [1.165, 1.54) is 0 Å². The van der Waals surface area contributed by atoms with Crippen molar-refractivity contribution in [3.8, 4) is 0 Å². The second kappa shape index (κ2) is 5.83. The fourth-order valence-corrected chi connectivity index (χ4v) is 5.13. The van der Waals surface area contributed by atoms with Crippen molar-refractivity contribution in [1.82, 2.24) is 14.8 Å². The number of amides is 1. The highest BCUT2D eigenvalue weighted by Crippen LogP contribution is 2.46. The lowest BCUT2D eigenvalue weighted by molar-refractivity contribution is -0.170. The minimum absolute atomic E-state index is 0.0600. The highest BCUT2D eigenvalue weighted by molar-refractivity contribution is 6.06. The molecule has 2 aromatic rings. The zero-order valence-electron chi connectivity index (χ0n) is 16.1.